The van der Waals surface area contributed by atoms with E-state index in [2.05, 4.69) is 0 Å². The second-order valence-electron chi connectivity index (χ2n) is 5.14. The number of hydrogen-bond acceptors (Lipinski definition) is 3. The monoisotopic (exact) mass is 337 g/mol. The van der Waals surface area contributed by atoms with Gasteiger partial charge >= 0.3 is 5.97 Å². The summed E-state index contributed by atoms with van der Waals surface area (Å²) in [5, 5.41) is 9.10. The first-order valence-corrected chi connectivity index (χ1v) is 7.99. The number of carbonyl (C=O) groups is 1. The van der Waals surface area contributed by atoms with Gasteiger partial charge in [0.25, 0.3) is 0 Å². The number of carboxylic acids is 1. The standard InChI is InChI=1S/C13H14F3NO4S/c1-7-9(13(18)19)3-2-4-17(7)22(20,21)8-5-10(14)12(16)11(15)6-8/h5-7,9H,2-4H2,1H3,(H,18,19)/t7-,9-/m1/s1. The van der Waals surface area contributed by atoms with Crippen LogP contribution in [0.2, 0.25) is 0 Å². The highest BCUT2D eigenvalue weighted by molar-refractivity contribution is 7.89. The van der Waals surface area contributed by atoms with Crippen LogP contribution in [0.4, 0.5) is 13.2 Å². The van der Waals surface area contributed by atoms with Gasteiger partial charge in [-0.05, 0) is 31.9 Å². The molecule has 0 amide bonds. The lowest BCUT2D eigenvalue weighted by Gasteiger charge is -2.36. The van der Waals surface area contributed by atoms with Crippen molar-refractivity contribution in [2.45, 2.75) is 30.7 Å². The van der Waals surface area contributed by atoms with E-state index >= 15 is 0 Å². The lowest BCUT2D eigenvalue weighted by molar-refractivity contribution is -0.144. The summed E-state index contributed by atoms with van der Waals surface area (Å²) in [4.78, 5) is 10.4. The largest absolute Gasteiger partial charge is 0.481 e. The van der Waals surface area contributed by atoms with Crippen molar-refractivity contribution in [2.75, 3.05) is 6.54 Å². The Morgan fingerprint density at radius 2 is 1.82 bits per heavy atom. The maximum absolute atomic E-state index is 13.2. The second-order valence-corrected chi connectivity index (χ2v) is 7.03. The second kappa shape index (κ2) is 5.88. The number of hydrogen-bond donors (Lipinski definition) is 1. The molecule has 0 unspecified atom stereocenters. The third-order valence-electron chi connectivity index (χ3n) is 3.81. The van der Waals surface area contributed by atoms with Crippen molar-refractivity contribution in [1.29, 1.82) is 0 Å². The molecule has 0 spiro atoms. The Kier molecular flexibility index (Phi) is 4.48. The Balaban J connectivity index is 2.44. The van der Waals surface area contributed by atoms with Crippen LogP contribution in [0.1, 0.15) is 19.8 Å². The third-order valence-corrected chi connectivity index (χ3v) is 5.78. The predicted molar refractivity (Wildman–Crippen MR) is 70.0 cm³/mol. The minimum absolute atomic E-state index is 0.0356. The van der Waals surface area contributed by atoms with Crippen LogP contribution in [0.3, 0.4) is 0 Å². The summed E-state index contributed by atoms with van der Waals surface area (Å²) < 4.78 is 65.3. The zero-order valence-corrected chi connectivity index (χ0v) is 12.4. The summed E-state index contributed by atoms with van der Waals surface area (Å²) >= 11 is 0. The first-order chi connectivity index (χ1) is 10.2. The Hall–Kier alpha value is -1.61. The average molecular weight is 337 g/mol. The normalized spacial score (nSPS) is 23.5. The first-order valence-electron chi connectivity index (χ1n) is 6.55. The van der Waals surface area contributed by atoms with Crippen LogP contribution in [0.25, 0.3) is 0 Å². The van der Waals surface area contributed by atoms with E-state index in [1.807, 2.05) is 0 Å². The van der Waals surface area contributed by atoms with E-state index in [1.165, 1.54) is 6.92 Å². The van der Waals surface area contributed by atoms with Crippen molar-refractivity contribution in [2.24, 2.45) is 5.92 Å². The zero-order chi connectivity index (χ0) is 16.7. The lowest BCUT2D eigenvalue weighted by Crippen LogP contribution is -2.49. The van der Waals surface area contributed by atoms with E-state index < -0.39 is 50.3 Å². The van der Waals surface area contributed by atoms with Crippen LogP contribution in [0, 0.1) is 23.4 Å². The molecule has 22 heavy (non-hydrogen) atoms. The molecule has 2 rings (SSSR count). The molecule has 1 fully saturated rings. The summed E-state index contributed by atoms with van der Waals surface area (Å²) in [6.45, 7) is 1.46. The maximum Gasteiger partial charge on any atom is 0.308 e. The molecule has 9 heteroatoms. The molecule has 0 bridgehead atoms. The van der Waals surface area contributed by atoms with Crippen LogP contribution in [-0.2, 0) is 14.8 Å². The molecule has 0 radical (unpaired) electrons. The van der Waals surface area contributed by atoms with Crippen molar-refractivity contribution in [3.05, 3.63) is 29.6 Å². The molecule has 1 N–H and O–H groups in total. The van der Waals surface area contributed by atoms with Crippen molar-refractivity contribution in [1.82, 2.24) is 4.31 Å². The molecule has 1 aromatic carbocycles. The fraction of sp³-hybridized carbons (Fsp3) is 0.462. The average Bonchev–Trinajstić information content (AvgIpc) is 2.43. The molecule has 122 valence electrons. The van der Waals surface area contributed by atoms with Crippen LogP contribution in [0.15, 0.2) is 17.0 Å². The molecule has 5 nitrogen and oxygen atoms in total. The topological polar surface area (TPSA) is 74.7 Å². The van der Waals surface area contributed by atoms with Crippen molar-refractivity contribution >= 4 is 16.0 Å². The Morgan fingerprint density at radius 1 is 1.27 bits per heavy atom. The Bertz CT molecular complexity index is 684. The van der Waals surface area contributed by atoms with Crippen molar-refractivity contribution in [3.8, 4) is 0 Å². The van der Waals surface area contributed by atoms with Crippen molar-refractivity contribution < 1.29 is 31.5 Å². The van der Waals surface area contributed by atoms with Crippen LogP contribution in [-0.4, -0.2) is 36.4 Å². The minimum atomic E-state index is -4.32. The number of piperidine rings is 1. The van der Waals surface area contributed by atoms with E-state index in [-0.39, 0.29) is 6.54 Å². The van der Waals surface area contributed by atoms with Gasteiger partial charge in [-0.25, -0.2) is 21.6 Å². The highest BCUT2D eigenvalue weighted by Gasteiger charge is 2.40. The van der Waals surface area contributed by atoms with Gasteiger partial charge in [0.05, 0.1) is 10.8 Å². The molecule has 0 saturated carbocycles. The number of rotatable bonds is 3. The fourth-order valence-electron chi connectivity index (χ4n) is 2.60. The predicted octanol–water partition coefficient (Wildman–Crippen LogP) is 1.98. The highest BCUT2D eigenvalue weighted by atomic mass is 32.2. The van der Waals surface area contributed by atoms with E-state index in [9.17, 15) is 26.4 Å². The molecular formula is C13H14F3NO4S. The molecule has 1 aliphatic heterocycles. The minimum Gasteiger partial charge on any atom is -0.481 e. The van der Waals surface area contributed by atoms with Gasteiger partial charge in [-0.3, -0.25) is 4.79 Å². The van der Waals surface area contributed by atoms with E-state index in [1.54, 1.807) is 0 Å². The third kappa shape index (κ3) is 2.82. The maximum atomic E-state index is 13.2. The van der Waals surface area contributed by atoms with E-state index in [4.69, 9.17) is 5.11 Å². The van der Waals surface area contributed by atoms with Gasteiger partial charge in [0, 0.05) is 12.6 Å². The van der Waals surface area contributed by atoms with Crippen LogP contribution in [0.5, 0.6) is 0 Å². The fourth-order valence-corrected chi connectivity index (χ4v) is 4.33. The molecule has 2 atom stereocenters. The number of carboxylic acid groups (broad SMARTS) is 1. The summed E-state index contributed by atoms with van der Waals surface area (Å²) in [5.41, 5.74) is 0. The highest BCUT2D eigenvalue weighted by Crippen LogP contribution is 2.30. The number of benzene rings is 1. The molecule has 1 aromatic rings. The Labute approximate surface area is 125 Å². The number of sulfonamides is 1. The zero-order valence-electron chi connectivity index (χ0n) is 11.6. The first kappa shape index (κ1) is 16.8. The summed E-state index contributed by atoms with van der Waals surface area (Å²) in [6.07, 6.45) is 0.626. The SMILES string of the molecule is C[C@@H]1[C@H](C(=O)O)CCCN1S(=O)(=O)c1cc(F)c(F)c(F)c1. The number of aliphatic carboxylic acids is 1. The molecule has 1 aliphatic rings. The van der Waals surface area contributed by atoms with Gasteiger partial charge < -0.3 is 5.11 Å². The van der Waals surface area contributed by atoms with Crippen LogP contribution >= 0.6 is 0 Å². The summed E-state index contributed by atoms with van der Waals surface area (Å²) in [6, 6.07) is -0.0807. The Morgan fingerprint density at radius 3 is 2.32 bits per heavy atom. The number of halogens is 3. The van der Waals surface area contributed by atoms with Gasteiger partial charge in [-0.15, -0.1) is 0 Å². The van der Waals surface area contributed by atoms with Gasteiger partial charge in [-0.1, -0.05) is 0 Å². The van der Waals surface area contributed by atoms with Crippen molar-refractivity contribution in [3.63, 3.8) is 0 Å². The molecule has 1 heterocycles. The quantitative estimate of drug-likeness (QED) is 0.856. The molecular weight excluding hydrogens is 323 g/mol. The van der Waals surface area contributed by atoms with Gasteiger partial charge in [0.2, 0.25) is 10.0 Å². The molecule has 0 aromatic heterocycles. The summed E-state index contributed by atoms with van der Waals surface area (Å²) in [5.74, 6) is -7.02. The van der Waals surface area contributed by atoms with Gasteiger partial charge in [-0.2, -0.15) is 4.31 Å². The van der Waals surface area contributed by atoms with Gasteiger partial charge in [0.15, 0.2) is 17.5 Å². The van der Waals surface area contributed by atoms with Crippen LogP contribution < -0.4 is 0 Å². The molecule has 1 saturated heterocycles. The van der Waals surface area contributed by atoms with E-state index in [0.717, 1.165) is 4.31 Å². The summed E-state index contributed by atoms with van der Waals surface area (Å²) in [7, 11) is -4.32. The lowest BCUT2D eigenvalue weighted by atomic mass is 9.92. The number of nitrogens with zero attached hydrogens (tertiary/aromatic N) is 1. The van der Waals surface area contributed by atoms with Gasteiger partial charge in [0.1, 0.15) is 0 Å². The smallest absolute Gasteiger partial charge is 0.308 e. The van der Waals surface area contributed by atoms with E-state index in [0.29, 0.717) is 25.0 Å². The molecule has 0 aliphatic carbocycles.